The van der Waals surface area contributed by atoms with Gasteiger partial charge < -0.3 is 28.8 Å². The van der Waals surface area contributed by atoms with E-state index in [9.17, 15) is 19.4 Å². The van der Waals surface area contributed by atoms with Crippen LogP contribution in [0, 0.1) is 0 Å². The summed E-state index contributed by atoms with van der Waals surface area (Å²) < 4.78 is 23.2. The van der Waals surface area contributed by atoms with Gasteiger partial charge in [0.25, 0.3) is 7.82 Å². The van der Waals surface area contributed by atoms with Crippen LogP contribution in [0.5, 0.6) is 0 Å². The van der Waals surface area contributed by atoms with Crippen LogP contribution in [0.2, 0.25) is 0 Å². The van der Waals surface area contributed by atoms with Gasteiger partial charge in [0.05, 0.1) is 39.9 Å². The number of phosphoric acid groups is 1. The molecule has 0 aliphatic rings. The maximum atomic E-state index is 12.8. The van der Waals surface area contributed by atoms with Gasteiger partial charge in [-0.25, -0.2) is 0 Å². The van der Waals surface area contributed by atoms with Crippen LogP contribution >= 0.6 is 7.82 Å². The number of aliphatic hydroxyl groups is 1. The van der Waals surface area contributed by atoms with Crippen molar-refractivity contribution in [3.05, 3.63) is 0 Å². The third-order valence-electron chi connectivity index (χ3n) is 9.35. The Bertz CT molecular complexity index is 763. The van der Waals surface area contributed by atoms with Gasteiger partial charge in [-0.15, -0.1) is 0 Å². The molecule has 3 unspecified atom stereocenters. The number of nitrogens with zero attached hydrogens (tertiary/aromatic N) is 1. The number of carbonyl (C=O) groups is 1. The highest BCUT2D eigenvalue weighted by Gasteiger charge is 2.24. The van der Waals surface area contributed by atoms with E-state index in [1.54, 1.807) is 0 Å². The Morgan fingerprint density at radius 1 is 0.646 bits per heavy atom. The number of carbonyl (C=O) groups excluding carboxylic acids is 1. The quantitative estimate of drug-likeness (QED) is 0.0379. The van der Waals surface area contributed by atoms with Crippen molar-refractivity contribution in [1.82, 2.24) is 5.32 Å². The van der Waals surface area contributed by atoms with Crippen molar-refractivity contribution >= 4 is 13.7 Å². The van der Waals surface area contributed by atoms with Crippen LogP contribution in [-0.4, -0.2) is 68.5 Å². The van der Waals surface area contributed by atoms with E-state index in [0.717, 1.165) is 38.5 Å². The maximum Gasteiger partial charge on any atom is 0.268 e. The molecule has 0 saturated heterocycles. The van der Waals surface area contributed by atoms with Gasteiger partial charge in [-0.3, -0.25) is 9.36 Å². The normalized spacial score (nSPS) is 14.6. The molecular formula is C39H81N2O6P. The second kappa shape index (κ2) is 32.4. The molecule has 0 rings (SSSR count). The highest BCUT2D eigenvalue weighted by molar-refractivity contribution is 7.45. The zero-order valence-electron chi connectivity index (χ0n) is 32.5. The topological polar surface area (TPSA) is 108 Å². The van der Waals surface area contributed by atoms with Crippen molar-refractivity contribution in [1.29, 1.82) is 0 Å². The molecular weight excluding hydrogens is 623 g/mol. The Morgan fingerprint density at radius 3 is 1.42 bits per heavy atom. The minimum absolute atomic E-state index is 0.0157. The third-order valence-corrected chi connectivity index (χ3v) is 10.3. The molecule has 288 valence electrons. The molecule has 0 spiro atoms. The molecule has 0 aliphatic carbocycles. The predicted octanol–water partition coefficient (Wildman–Crippen LogP) is 10.0. The Labute approximate surface area is 298 Å². The van der Waals surface area contributed by atoms with Crippen molar-refractivity contribution in [3.8, 4) is 0 Å². The fourth-order valence-corrected chi connectivity index (χ4v) is 6.76. The second-order valence-corrected chi connectivity index (χ2v) is 16.8. The SMILES string of the molecule is CCCCCCCCCCCCCCCCCCC(O)C(COP(=O)([O-])OCC[N+](C)(C)C)NC(=O)CCCCCCCCCCCC. The Balaban J connectivity index is 4.37. The molecule has 0 aromatic rings. The van der Waals surface area contributed by atoms with Crippen LogP contribution in [-0.2, 0) is 18.4 Å². The second-order valence-electron chi connectivity index (χ2n) is 15.4. The van der Waals surface area contributed by atoms with Gasteiger partial charge in [0.15, 0.2) is 0 Å². The van der Waals surface area contributed by atoms with Crippen LogP contribution in [0.3, 0.4) is 0 Å². The maximum absolute atomic E-state index is 12.8. The third kappa shape index (κ3) is 34.0. The molecule has 0 saturated carbocycles. The van der Waals surface area contributed by atoms with E-state index >= 15 is 0 Å². The molecule has 0 radical (unpaired) electrons. The van der Waals surface area contributed by atoms with Gasteiger partial charge in [0.1, 0.15) is 13.2 Å². The zero-order chi connectivity index (χ0) is 35.8. The van der Waals surface area contributed by atoms with E-state index in [4.69, 9.17) is 9.05 Å². The summed E-state index contributed by atoms with van der Waals surface area (Å²) in [6.07, 6.45) is 32.4. The molecule has 9 heteroatoms. The summed E-state index contributed by atoms with van der Waals surface area (Å²) in [5, 5.41) is 13.8. The number of aliphatic hydroxyl groups excluding tert-OH is 1. The number of phosphoric ester groups is 1. The van der Waals surface area contributed by atoms with Gasteiger partial charge in [0.2, 0.25) is 5.91 Å². The van der Waals surface area contributed by atoms with Gasteiger partial charge in [-0.05, 0) is 12.8 Å². The highest BCUT2D eigenvalue weighted by atomic mass is 31.2. The zero-order valence-corrected chi connectivity index (χ0v) is 33.4. The number of unbranched alkanes of at least 4 members (excludes halogenated alkanes) is 24. The summed E-state index contributed by atoms with van der Waals surface area (Å²) in [4.78, 5) is 25.2. The fraction of sp³-hybridized carbons (Fsp3) is 0.974. The first-order valence-corrected chi connectivity index (χ1v) is 21.8. The Morgan fingerprint density at radius 2 is 1.02 bits per heavy atom. The van der Waals surface area contributed by atoms with Crippen LogP contribution in [0.1, 0.15) is 194 Å². The number of amides is 1. The number of quaternary nitrogens is 1. The van der Waals surface area contributed by atoms with Crippen molar-refractivity contribution in [2.24, 2.45) is 0 Å². The van der Waals surface area contributed by atoms with Crippen molar-refractivity contribution in [2.75, 3.05) is 40.9 Å². The highest BCUT2D eigenvalue weighted by Crippen LogP contribution is 2.38. The van der Waals surface area contributed by atoms with E-state index in [-0.39, 0.29) is 19.1 Å². The summed E-state index contributed by atoms with van der Waals surface area (Å²) in [6, 6.07) is -0.791. The van der Waals surface area contributed by atoms with Crippen molar-refractivity contribution < 1.29 is 32.9 Å². The summed E-state index contributed by atoms with van der Waals surface area (Å²) >= 11 is 0. The van der Waals surface area contributed by atoms with E-state index in [2.05, 4.69) is 19.2 Å². The molecule has 0 heterocycles. The first kappa shape index (κ1) is 47.5. The lowest BCUT2D eigenvalue weighted by atomic mass is 10.0. The van der Waals surface area contributed by atoms with Crippen LogP contribution in [0.25, 0.3) is 0 Å². The predicted molar refractivity (Wildman–Crippen MR) is 201 cm³/mol. The number of nitrogens with one attached hydrogen (secondary N) is 1. The van der Waals surface area contributed by atoms with E-state index in [0.29, 0.717) is 23.9 Å². The first-order valence-electron chi connectivity index (χ1n) is 20.4. The largest absolute Gasteiger partial charge is 0.756 e. The lowest BCUT2D eigenvalue weighted by Gasteiger charge is -2.30. The average Bonchev–Trinajstić information content (AvgIpc) is 3.02. The molecule has 0 bridgehead atoms. The summed E-state index contributed by atoms with van der Waals surface area (Å²) in [5.41, 5.74) is 0. The van der Waals surface area contributed by atoms with Crippen molar-refractivity contribution in [2.45, 2.75) is 206 Å². The van der Waals surface area contributed by atoms with E-state index < -0.39 is 20.0 Å². The lowest BCUT2D eigenvalue weighted by Crippen LogP contribution is -2.46. The fourth-order valence-electron chi connectivity index (χ4n) is 6.04. The number of hydrogen-bond acceptors (Lipinski definition) is 6. The molecule has 1 amide bonds. The van der Waals surface area contributed by atoms with Crippen LogP contribution < -0.4 is 10.2 Å². The lowest BCUT2D eigenvalue weighted by molar-refractivity contribution is -0.870. The summed E-state index contributed by atoms with van der Waals surface area (Å²) in [6.45, 7) is 4.71. The number of likely N-dealkylation sites (N-methyl/N-ethyl adjacent to an activating group) is 1. The molecule has 48 heavy (non-hydrogen) atoms. The van der Waals surface area contributed by atoms with Crippen LogP contribution in [0.4, 0.5) is 0 Å². The van der Waals surface area contributed by atoms with Gasteiger partial charge in [0, 0.05) is 6.42 Å². The number of hydrogen-bond donors (Lipinski definition) is 2. The molecule has 8 nitrogen and oxygen atoms in total. The minimum Gasteiger partial charge on any atom is -0.756 e. The van der Waals surface area contributed by atoms with Crippen LogP contribution in [0.15, 0.2) is 0 Å². The average molecular weight is 705 g/mol. The molecule has 0 aromatic heterocycles. The van der Waals surface area contributed by atoms with Gasteiger partial charge >= 0.3 is 0 Å². The van der Waals surface area contributed by atoms with E-state index in [1.807, 2.05) is 21.1 Å². The molecule has 0 aromatic carbocycles. The Hall–Kier alpha value is -0.500. The molecule has 0 aliphatic heterocycles. The smallest absolute Gasteiger partial charge is 0.268 e. The first-order chi connectivity index (χ1) is 23.0. The van der Waals surface area contributed by atoms with E-state index in [1.165, 1.54) is 128 Å². The standard InChI is InChI=1S/C39H81N2O6P/c1-6-8-10-12-14-16-18-19-20-21-22-23-24-26-28-30-32-38(42)37(36-47-48(44,45)46-35-34-41(3,4)5)40-39(43)33-31-29-27-25-17-15-13-11-9-7-2/h37-38,42H,6-36H2,1-5H3,(H-,40,43,44,45). The minimum atomic E-state index is -4.55. The summed E-state index contributed by atoms with van der Waals surface area (Å²) in [7, 11) is 1.31. The Kier molecular flexibility index (Phi) is 32.1. The molecule has 3 atom stereocenters. The summed E-state index contributed by atoms with van der Waals surface area (Å²) in [5.74, 6) is -0.166. The van der Waals surface area contributed by atoms with Gasteiger partial charge in [-0.2, -0.15) is 0 Å². The monoisotopic (exact) mass is 705 g/mol. The molecule has 0 fully saturated rings. The van der Waals surface area contributed by atoms with Gasteiger partial charge in [-0.1, -0.05) is 174 Å². The number of rotatable bonds is 37. The van der Waals surface area contributed by atoms with Crippen molar-refractivity contribution in [3.63, 3.8) is 0 Å². The molecule has 2 N–H and O–H groups in total.